The minimum absolute atomic E-state index is 0.251. The molecule has 1 fully saturated rings. The van der Waals surface area contributed by atoms with E-state index in [1.54, 1.807) is 11.8 Å². The van der Waals surface area contributed by atoms with Gasteiger partial charge in [-0.15, -0.1) is 0 Å². The number of hydrogen-bond acceptors (Lipinski definition) is 4. The monoisotopic (exact) mass is 419 g/mol. The van der Waals surface area contributed by atoms with Gasteiger partial charge in [-0.1, -0.05) is 30.3 Å². The fourth-order valence-corrected chi connectivity index (χ4v) is 4.79. The Balaban J connectivity index is 1.66. The number of sulfonamides is 1. The SMILES string of the molecule is C[C@H](C(=O)N1CCN(Cc2ccccc2)CC1)N(c1ccc(F)cc1)S(C)(=O)=O. The first-order valence-corrected chi connectivity index (χ1v) is 11.4. The number of amides is 1. The highest BCUT2D eigenvalue weighted by molar-refractivity contribution is 7.92. The number of rotatable bonds is 6. The van der Waals surface area contributed by atoms with Gasteiger partial charge in [-0.3, -0.25) is 14.0 Å². The summed E-state index contributed by atoms with van der Waals surface area (Å²) in [5.74, 6) is -0.713. The summed E-state index contributed by atoms with van der Waals surface area (Å²) < 4.78 is 39.0. The van der Waals surface area contributed by atoms with Gasteiger partial charge in [0.15, 0.2) is 0 Å². The lowest BCUT2D eigenvalue weighted by molar-refractivity contribution is -0.133. The average molecular weight is 420 g/mol. The van der Waals surface area contributed by atoms with Crippen LogP contribution in [0, 0.1) is 5.82 Å². The minimum atomic E-state index is -3.71. The lowest BCUT2D eigenvalue weighted by Crippen LogP contribution is -2.55. The van der Waals surface area contributed by atoms with Gasteiger partial charge in [0.05, 0.1) is 11.9 Å². The number of carbonyl (C=O) groups is 1. The van der Waals surface area contributed by atoms with Crippen LogP contribution >= 0.6 is 0 Å². The molecule has 1 atom stereocenters. The quantitative estimate of drug-likeness (QED) is 0.721. The number of anilines is 1. The molecule has 29 heavy (non-hydrogen) atoms. The Morgan fingerprint density at radius 2 is 1.62 bits per heavy atom. The molecule has 0 saturated carbocycles. The summed E-state index contributed by atoms with van der Waals surface area (Å²) >= 11 is 0. The Kier molecular flexibility index (Phi) is 6.54. The number of hydrogen-bond donors (Lipinski definition) is 0. The van der Waals surface area contributed by atoms with Crippen molar-refractivity contribution in [3.8, 4) is 0 Å². The average Bonchev–Trinajstić information content (AvgIpc) is 2.69. The highest BCUT2D eigenvalue weighted by Crippen LogP contribution is 2.22. The van der Waals surface area contributed by atoms with E-state index in [2.05, 4.69) is 17.0 Å². The molecule has 156 valence electrons. The molecule has 1 amide bonds. The van der Waals surface area contributed by atoms with Gasteiger partial charge in [0, 0.05) is 32.7 Å². The van der Waals surface area contributed by atoms with E-state index in [4.69, 9.17) is 0 Å². The molecule has 6 nitrogen and oxygen atoms in total. The molecular weight excluding hydrogens is 393 g/mol. The molecule has 2 aromatic rings. The van der Waals surface area contributed by atoms with Crippen LogP contribution in [0.2, 0.25) is 0 Å². The summed E-state index contributed by atoms with van der Waals surface area (Å²) in [6, 6.07) is 14.4. The van der Waals surface area contributed by atoms with Crippen molar-refractivity contribution in [3.63, 3.8) is 0 Å². The molecule has 1 aliphatic heterocycles. The third-order valence-electron chi connectivity index (χ3n) is 5.08. The number of nitrogens with zero attached hydrogens (tertiary/aromatic N) is 3. The summed E-state index contributed by atoms with van der Waals surface area (Å²) in [4.78, 5) is 17.0. The molecule has 3 rings (SSSR count). The molecule has 0 spiro atoms. The molecule has 0 aliphatic carbocycles. The fourth-order valence-electron chi connectivity index (χ4n) is 3.62. The van der Waals surface area contributed by atoms with Gasteiger partial charge in [0.25, 0.3) is 0 Å². The number of piperazine rings is 1. The first-order valence-electron chi connectivity index (χ1n) is 9.56. The maximum atomic E-state index is 13.2. The highest BCUT2D eigenvalue weighted by atomic mass is 32.2. The number of halogens is 1. The number of benzene rings is 2. The van der Waals surface area contributed by atoms with E-state index >= 15 is 0 Å². The summed E-state index contributed by atoms with van der Waals surface area (Å²) in [6.07, 6.45) is 1.05. The molecule has 0 radical (unpaired) electrons. The van der Waals surface area contributed by atoms with Crippen LogP contribution in [0.5, 0.6) is 0 Å². The molecule has 2 aromatic carbocycles. The van der Waals surface area contributed by atoms with E-state index in [1.807, 2.05) is 18.2 Å². The van der Waals surface area contributed by atoms with Crippen LogP contribution in [0.25, 0.3) is 0 Å². The Morgan fingerprint density at radius 1 is 1.03 bits per heavy atom. The van der Waals surface area contributed by atoms with Gasteiger partial charge >= 0.3 is 0 Å². The largest absolute Gasteiger partial charge is 0.338 e. The standard InChI is InChI=1S/C21H26FN3O3S/c1-17(25(29(2,27)28)20-10-8-19(22)9-11-20)21(26)24-14-12-23(13-15-24)16-18-6-4-3-5-7-18/h3-11,17H,12-16H2,1-2H3/t17-/m1/s1. The van der Waals surface area contributed by atoms with Crippen LogP contribution in [0.3, 0.4) is 0 Å². The number of carbonyl (C=O) groups excluding carboxylic acids is 1. The van der Waals surface area contributed by atoms with Crippen LogP contribution in [0.4, 0.5) is 10.1 Å². The zero-order valence-electron chi connectivity index (χ0n) is 16.7. The summed E-state index contributed by atoms with van der Waals surface area (Å²) in [5.41, 5.74) is 1.50. The lowest BCUT2D eigenvalue weighted by Gasteiger charge is -2.38. The molecule has 1 saturated heterocycles. The highest BCUT2D eigenvalue weighted by Gasteiger charge is 2.33. The Hall–Kier alpha value is -2.45. The van der Waals surface area contributed by atoms with Crippen LogP contribution in [0.15, 0.2) is 54.6 Å². The van der Waals surface area contributed by atoms with Crippen molar-refractivity contribution in [1.82, 2.24) is 9.80 Å². The maximum Gasteiger partial charge on any atom is 0.246 e. The van der Waals surface area contributed by atoms with E-state index in [9.17, 15) is 17.6 Å². The van der Waals surface area contributed by atoms with Gasteiger partial charge in [-0.05, 0) is 36.8 Å². The lowest BCUT2D eigenvalue weighted by atomic mass is 10.2. The van der Waals surface area contributed by atoms with Gasteiger partial charge in [0.2, 0.25) is 15.9 Å². The topological polar surface area (TPSA) is 60.9 Å². The normalized spacial score (nSPS) is 16.4. The van der Waals surface area contributed by atoms with Gasteiger partial charge in [0.1, 0.15) is 11.9 Å². The molecule has 0 bridgehead atoms. The third-order valence-corrected chi connectivity index (χ3v) is 6.32. The molecule has 0 unspecified atom stereocenters. The summed E-state index contributed by atoms with van der Waals surface area (Å²) in [6.45, 7) is 4.92. The van der Waals surface area contributed by atoms with Gasteiger partial charge in [-0.2, -0.15) is 0 Å². The van der Waals surface area contributed by atoms with E-state index < -0.39 is 21.9 Å². The summed E-state index contributed by atoms with van der Waals surface area (Å²) in [7, 11) is -3.71. The van der Waals surface area contributed by atoms with E-state index in [-0.39, 0.29) is 11.6 Å². The predicted molar refractivity (Wildman–Crippen MR) is 111 cm³/mol. The Labute approximate surface area is 171 Å². The molecular formula is C21H26FN3O3S. The minimum Gasteiger partial charge on any atom is -0.338 e. The van der Waals surface area contributed by atoms with Gasteiger partial charge < -0.3 is 4.90 Å². The van der Waals surface area contributed by atoms with E-state index in [0.717, 1.165) is 30.2 Å². The van der Waals surface area contributed by atoms with Crippen molar-refractivity contribution in [2.75, 3.05) is 36.7 Å². The van der Waals surface area contributed by atoms with Crippen molar-refractivity contribution >= 4 is 21.6 Å². The second kappa shape index (κ2) is 8.92. The smallest absolute Gasteiger partial charge is 0.246 e. The first kappa shape index (κ1) is 21.3. The van der Waals surface area contributed by atoms with E-state index in [1.165, 1.54) is 29.8 Å². The molecule has 1 aliphatic rings. The van der Waals surface area contributed by atoms with Crippen LogP contribution in [-0.2, 0) is 21.4 Å². The van der Waals surface area contributed by atoms with Gasteiger partial charge in [-0.25, -0.2) is 12.8 Å². The molecule has 0 aromatic heterocycles. The Bertz CT molecular complexity index is 927. The zero-order chi connectivity index (χ0) is 21.0. The maximum absolute atomic E-state index is 13.2. The predicted octanol–water partition coefficient (Wildman–Crippen LogP) is 2.32. The van der Waals surface area contributed by atoms with Crippen molar-refractivity contribution in [3.05, 3.63) is 66.0 Å². The van der Waals surface area contributed by atoms with E-state index in [0.29, 0.717) is 13.1 Å². The zero-order valence-corrected chi connectivity index (χ0v) is 17.5. The first-order chi connectivity index (χ1) is 13.8. The van der Waals surface area contributed by atoms with Crippen LogP contribution < -0.4 is 4.31 Å². The second-order valence-electron chi connectivity index (χ2n) is 7.30. The molecule has 0 N–H and O–H groups in total. The van der Waals surface area contributed by atoms with Crippen LogP contribution in [-0.4, -0.2) is 62.6 Å². The summed E-state index contributed by atoms with van der Waals surface area (Å²) in [5, 5.41) is 0. The van der Waals surface area contributed by atoms with Crippen molar-refractivity contribution in [2.24, 2.45) is 0 Å². The molecule has 8 heteroatoms. The molecule has 1 heterocycles. The van der Waals surface area contributed by atoms with Crippen LogP contribution in [0.1, 0.15) is 12.5 Å². The van der Waals surface area contributed by atoms with Crippen molar-refractivity contribution in [2.45, 2.75) is 19.5 Å². The fraction of sp³-hybridized carbons (Fsp3) is 0.381. The Morgan fingerprint density at radius 3 is 2.17 bits per heavy atom. The van der Waals surface area contributed by atoms with Crippen molar-refractivity contribution < 1.29 is 17.6 Å². The van der Waals surface area contributed by atoms with Crippen molar-refractivity contribution in [1.29, 1.82) is 0 Å². The third kappa shape index (κ3) is 5.33. The second-order valence-corrected chi connectivity index (χ2v) is 9.16.